The lowest BCUT2D eigenvalue weighted by Crippen LogP contribution is -2.40. The minimum atomic E-state index is -3.41. The number of H-pyrrole nitrogens is 1. The Morgan fingerprint density at radius 2 is 2.09 bits per heavy atom. The molecule has 0 bridgehead atoms. The molecule has 0 aromatic carbocycles. The van der Waals surface area contributed by atoms with Crippen LogP contribution in [0.25, 0.3) is 10.2 Å². The number of fused-ring (bicyclic) bond motifs is 1. The monoisotopic (exact) mass is 358 g/mol. The fourth-order valence-electron chi connectivity index (χ4n) is 1.94. The van der Waals surface area contributed by atoms with Gasteiger partial charge in [-0.3, -0.25) is 9.59 Å². The summed E-state index contributed by atoms with van der Waals surface area (Å²) in [6.07, 6.45) is 0. The second kappa shape index (κ2) is 6.77. The van der Waals surface area contributed by atoms with Crippen molar-refractivity contribution in [2.24, 2.45) is 0 Å². The van der Waals surface area contributed by atoms with Crippen molar-refractivity contribution in [2.45, 2.75) is 13.5 Å². The molecule has 2 rings (SSSR count). The molecule has 0 spiro atoms. The minimum Gasteiger partial charge on any atom is -0.337 e. The number of nitrogens with zero attached hydrogens (tertiary/aromatic N) is 3. The fraction of sp³-hybridized carbons (Fsp3) is 0.462. The second-order valence-electron chi connectivity index (χ2n) is 5.05. The maximum atomic E-state index is 12.1. The summed E-state index contributed by atoms with van der Waals surface area (Å²) in [7, 11) is -0.516. The molecule has 0 aliphatic rings. The van der Waals surface area contributed by atoms with Gasteiger partial charge < -0.3 is 9.88 Å². The molecule has 2 heterocycles. The maximum Gasteiger partial charge on any atom is 0.268 e. The van der Waals surface area contributed by atoms with Gasteiger partial charge in [-0.2, -0.15) is 4.31 Å². The summed E-state index contributed by atoms with van der Waals surface area (Å²) in [6.45, 7) is 1.36. The third kappa shape index (κ3) is 3.95. The Morgan fingerprint density at radius 3 is 2.74 bits per heavy atom. The summed E-state index contributed by atoms with van der Waals surface area (Å²) in [5.41, 5.74) is 0.340. The van der Waals surface area contributed by atoms with Crippen LogP contribution < -0.4 is 5.56 Å². The van der Waals surface area contributed by atoms with Crippen molar-refractivity contribution in [3.05, 3.63) is 27.6 Å². The van der Waals surface area contributed by atoms with E-state index in [1.54, 1.807) is 11.4 Å². The van der Waals surface area contributed by atoms with Gasteiger partial charge in [0.15, 0.2) is 0 Å². The van der Waals surface area contributed by atoms with Crippen molar-refractivity contribution in [2.75, 3.05) is 26.4 Å². The van der Waals surface area contributed by atoms with Gasteiger partial charge in [0, 0.05) is 14.1 Å². The molecule has 126 valence electrons. The molecule has 0 fully saturated rings. The van der Waals surface area contributed by atoms with Crippen LogP contribution in [0.2, 0.25) is 0 Å². The molecule has 0 saturated carbocycles. The quantitative estimate of drug-likeness (QED) is 0.796. The van der Waals surface area contributed by atoms with Crippen LogP contribution in [-0.2, 0) is 21.4 Å². The molecule has 0 aliphatic carbocycles. The van der Waals surface area contributed by atoms with Crippen molar-refractivity contribution in [1.29, 1.82) is 0 Å². The van der Waals surface area contributed by atoms with Crippen molar-refractivity contribution in [3.63, 3.8) is 0 Å². The largest absolute Gasteiger partial charge is 0.337 e. The number of carbonyl (C=O) groups is 1. The highest BCUT2D eigenvalue weighted by Gasteiger charge is 2.21. The van der Waals surface area contributed by atoms with Gasteiger partial charge >= 0.3 is 0 Å². The van der Waals surface area contributed by atoms with Crippen LogP contribution in [-0.4, -0.2) is 59.9 Å². The summed E-state index contributed by atoms with van der Waals surface area (Å²) >= 11 is 1.30. The third-order valence-electron chi connectivity index (χ3n) is 3.37. The predicted molar refractivity (Wildman–Crippen MR) is 88.8 cm³/mol. The summed E-state index contributed by atoms with van der Waals surface area (Å²) < 4.78 is 24.9. The lowest BCUT2D eigenvalue weighted by atomic mass is 10.4. The Balaban J connectivity index is 2.09. The van der Waals surface area contributed by atoms with Crippen LogP contribution in [0.1, 0.15) is 12.7 Å². The van der Waals surface area contributed by atoms with E-state index in [1.807, 2.05) is 0 Å². The summed E-state index contributed by atoms with van der Waals surface area (Å²) in [5, 5.41) is 1.77. The lowest BCUT2D eigenvalue weighted by molar-refractivity contribution is -0.130. The van der Waals surface area contributed by atoms with Gasteiger partial charge in [0.2, 0.25) is 15.9 Å². The molecule has 0 saturated heterocycles. The minimum absolute atomic E-state index is 0.0653. The van der Waals surface area contributed by atoms with Crippen LogP contribution in [0.15, 0.2) is 16.2 Å². The van der Waals surface area contributed by atoms with E-state index in [0.717, 1.165) is 4.31 Å². The standard InChI is InChI=1S/C13H18N4O4S2/c1-4-23(20,21)17(3)8-11(18)16(2)7-10-14-9-5-6-22-12(9)13(19)15-10/h5-6H,4,7-8H2,1-3H3,(H,14,15,19). The molecule has 0 aliphatic heterocycles. The first-order valence-corrected chi connectivity index (χ1v) is 9.38. The van der Waals surface area contributed by atoms with E-state index in [1.165, 1.54) is 37.3 Å². The number of aromatic amines is 1. The Kier molecular flexibility index (Phi) is 5.17. The Bertz CT molecular complexity index is 871. The lowest BCUT2D eigenvalue weighted by Gasteiger charge is -2.21. The number of hydrogen-bond acceptors (Lipinski definition) is 6. The van der Waals surface area contributed by atoms with E-state index in [9.17, 15) is 18.0 Å². The number of carbonyl (C=O) groups excluding carboxylic acids is 1. The van der Waals surface area contributed by atoms with Crippen LogP contribution in [0.3, 0.4) is 0 Å². The molecule has 0 atom stereocenters. The van der Waals surface area contributed by atoms with E-state index in [2.05, 4.69) is 9.97 Å². The highest BCUT2D eigenvalue weighted by Crippen LogP contribution is 2.14. The summed E-state index contributed by atoms with van der Waals surface area (Å²) in [5.74, 6) is -0.0835. The Morgan fingerprint density at radius 1 is 1.39 bits per heavy atom. The van der Waals surface area contributed by atoms with Gasteiger partial charge in [-0.25, -0.2) is 13.4 Å². The van der Waals surface area contributed by atoms with Crippen molar-refractivity contribution >= 4 is 37.5 Å². The van der Waals surface area contributed by atoms with Crippen molar-refractivity contribution < 1.29 is 13.2 Å². The second-order valence-corrected chi connectivity index (χ2v) is 8.33. The van der Waals surface area contributed by atoms with Crippen LogP contribution >= 0.6 is 11.3 Å². The number of amides is 1. The first kappa shape index (κ1) is 17.6. The number of rotatable bonds is 6. The van der Waals surface area contributed by atoms with E-state index in [-0.39, 0.29) is 30.3 Å². The number of likely N-dealkylation sites (N-methyl/N-ethyl adjacent to an activating group) is 2. The zero-order chi connectivity index (χ0) is 17.2. The SMILES string of the molecule is CCS(=O)(=O)N(C)CC(=O)N(C)Cc1nc2ccsc2c(=O)[nH]1. The number of hydrogen-bond donors (Lipinski definition) is 1. The fourth-order valence-corrected chi connectivity index (χ4v) is 3.41. The topological polar surface area (TPSA) is 103 Å². The molecular formula is C13H18N4O4S2. The molecule has 23 heavy (non-hydrogen) atoms. The van der Waals surface area contributed by atoms with Crippen LogP contribution in [0.5, 0.6) is 0 Å². The Labute approximate surface area is 137 Å². The molecular weight excluding hydrogens is 340 g/mol. The number of nitrogens with one attached hydrogen (secondary N) is 1. The average Bonchev–Trinajstić information content (AvgIpc) is 2.95. The zero-order valence-electron chi connectivity index (χ0n) is 13.1. The van der Waals surface area contributed by atoms with Gasteiger partial charge in [-0.15, -0.1) is 11.3 Å². The van der Waals surface area contributed by atoms with Gasteiger partial charge in [0.05, 0.1) is 24.4 Å². The summed E-state index contributed by atoms with van der Waals surface area (Å²) in [4.78, 5) is 32.3. The Hall–Kier alpha value is -1.78. The molecule has 8 nitrogen and oxygen atoms in total. The first-order chi connectivity index (χ1) is 10.7. The van der Waals surface area contributed by atoms with E-state index in [4.69, 9.17) is 0 Å². The van der Waals surface area contributed by atoms with Crippen molar-refractivity contribution in [1.82, 2.24) is 19.2 Å². The number of aromatic nitrogens is 2. The average molecular weight is 358 g/mol. The molecule has 1 N–H and O–H groups in total. The highest BCUT2D eigenvalue weighted by molar-refractivity contribution is 7.89. The molecule has 1 amide bonds. The van der Waals surface area contributed by atoms with Crippen molar-refractivity contribution in [3.8, 4) is 0 Å². The van der Waals surface area contributed by atoms with E-state index >= 15 is 0 Å². The van der Waals surface area contributed by atoms with E-state index < -0.39 is 10.0 Å². The molecule has 2 aromatic rings. The predicted octanol–water partition coefficient (Wildman–Crippen LogP) is 0.225. The number of thiophene rings is 1. The molecule has 0 unspecified atom stereocenters. The molecule has 2 aromatic heterocycles. The van der Waals surface area contributed by atoms with Gasteiger partial charge in [-0.1, -0.05) is 0 Å². The van der Waals surface area contributed by atoms with Crippen LogP contribution in [0, 0.1) is 0 Å². The maximum absolute atomic E-state index is 12.1. The summed E-state index contributed by atoms with van der Waals surface area (Å²) in [6, 6.07) is 1.74. The van der Waals surface area contributed by atoms with Gasteiger partial charge in [-0.05, 0) is 18.4 Å². The molecule has 0 radical (unpaired) electrons. The highest BCUT2D eigenvalue weighted by atomic mass is 32.2. The molecule has 10 heteroatoms. The van der Waals surface area contributed by atoms with Crippen LogP contribution in [0.4, 0.5) is 0 Å². The van der Waals surface area contributed by atoms with E-state index in [0.29, 0.717) is 16.0 Å². The van der Waals surface area contributed by atoms with Gasteiger partial charge in [0.1, 0.15) is 10.5 Å². The zero-order valence-corrected chi connectivity index (χ0v) is 14.7. The normalized spacial score (nSPS) is 12.0. The van der Waals surface area contributed by atoms with Gasteiger partial charge in [0.25, 0.3) is 5.56 Å². The third-order valence-corrected chi connectivity index (χ3v) is 6.09. The first-order valence-electron chi connectivity index (χ1n) is 6.89. The number of sulfonamides is 1. The smallest absolute Gasteiger partial charge is 0.268 e.